The van der Waals surface area contributed by atoms with Gasteiger partial charge in [0.05, 0.1) is 18.2 Å². The van der Waals surface area contributed by atoms with E-state index in [2.05, 4.69) is 16.7 Å². The Labute approximate surface area is 177 Å². The van der Waals surface area contributed by atoms with Crippen LogP contribution in [-0.2, 0) is 6.54 Å². The molecular weight excluding hydrogens is 380 g/mol. The van der Waals surface area contributed by atoms with E-state index in [4.69, 9.17) is 9.47 Å². The van der Waals surface area contributed by atoms with Crippen LogP contribution in [0.5, 0.6) is 17.2 Å². The molecule has 1 fully saturated rings. The number of piperazine rings is 1. The Bertz CT molecular complexity index is 991. The summed E-state index contributed by atoms with van der Waals surface area (Å²) in [6, 6.07) is 9.15. The standard InChI is InChI=1S/C24H28N2O4/c1-4-25-8-10-26(11-9-25)15-19-20(27)12-16(2)22-23(28)21(30-24(19)22)14-17-6-5-7-18(13-17)29-3/h5-7,12-14,27H,4,8-11,15H2,1-3H3/b21-14-. The van der Waals surface area contributed by atoms with Crippen LogP contribution in [0.3, 0.4) is 0 Å². The second kappa shape index (κ2) is 8.50. The number of rotatable bonds is 5. The molecule has 0 bridgehead atoms. The lowest BCUT2D eigenvalue weighted by Gasteiger charge is -2.34. The number of carbonyl (C=O) groups is 1. The number of fused-ring (bicyclic) bond motifs is 1. The first-order valence-electron chi connectivity index (χ1n) is 10.4. The molecule has 0 saturated carbocycles. The summed E-state index contributed by atoms with van der Waals surface area (Å²) in [6.45, 7) is 9.48. The van der Waals surface area contributed by atoms with E-state index in [-0.39, 0.29) is 17.3 Å². The first kappa shape index (κ1) is 20.4. The lowest BCUT2D eigenvalue weighted by atomic mass is 9.99. The molecule has 6 heteroatoms. The van der Waals surface area contributed by atoms with Gasteiger partial charge in [0.1, 0.15) is 17.2 Å². The van der Waals surface area contributed by atoms with Crippen molar-refractivity contribution in [3.05, 3.63) is 58.3 Å². The van der Waals surface area contributed by atoms with Gasteiger partial charge in [0.15, 0.2) is 5.76 Å². The van der Waals surface area contributed by atoms with Crippen LogP contribution in [0.25, 0.3) is 6.08 Å². The van der Waals surface area contributed by atoms with E-state index < -0.39 is 0 Å². The third-order valence-electron chi connectivity index (χ3n) is 5.91. The number of allylic oxidation sites excluding steroid dienone is 1. The highest BCUT2D eigenvalue weighted by atomic mass is 16.5. The first-order valence-corrected chi connectivity index (χ1v) is 10.4. The topological polar surface area (TPSA) is 62.2 Å². The van der Waals surface area contributed by atoms with E-state index in [1.54, 1.807) is 19.3 Å². The molecule has 2 heterocycles. The molecule has 1 N–H and O–H groups in total. The molecule has 6 nitrogen and oxygen atoms in total. The first-order chi connectivity index (χ1) is 14.5. The van der Waals surface area contributed by atoms with E-state index in [1.807, 2.05) is 31.2 Å². The Kier molecular flexibility index (Phi) is 5.79. The number of hydrogen-bond acceptors (Lipinski definition) is 6. The molecule has 0 radical (unpaired) electrons. The molecule has 0 unspecified atom stereocenters. The monoisotopic (exact) mass is 408 g/mol. The smallest absolute Gasteiger partial charge is 0.232 e. The van der Waals surface area contributed by atoms with Crippen molar-refractivity contribution < 1.29 is 19.4 Å². The number of hydrogen-bond donors (Lipinski definition) is 1. The number of likely N-dealkylation sites (N-methyl/N-ethyl adjacent to an activating group) is 1. The second-order valence-electron chi connectivity index (χ2n) is 7.82. The molecule has 0 aromatic heterocycles. The fourth-order valence-corrected chi connectivity index (χ4v) is 4.10. The predicted molar refractivity (Wildman–Crippen MR) is 116 cm³/mol. The molecule has 4 rings (SSSR count). The Balaban J connectivity index is 1.63. The van der Waals surface area contributed by atoms with E-state index in [9.17, 15) is 9.90 Å². The van der Waals surface area contributed by atoms with Crippen molar-refractivity contribution in [2.24, 2.45) is 0 Å². The maximum Gasteiger partial charge on any atom is 0.232 e. The molecule has 2 aromatic rings. The summed E-state index contributed by atoms with van der Waals surface area (Å²) in [4.78, 5) is 17.8. The van der Waals surface area contributed by atoms with Gasteiger partial charge in [0.2, 0.25) is 5.78 Å². The molecule has 2 aromatic carbocycles. The third kappa shape index (κ3) is 3.93. The van der Waals surface area contributed by atoms with E-state index in [0.29, 0.717) is 29.2 Å². The maximum absolute atomic E-state index is 13.1. The Hall–Kier alpha value is -2.83. The van der Waals surface area contributed by atoms with Gasteiger partial charge in [0, 0.05) is 32.7 Å². The summed E-state index contributed by atoms with van der Waals surface area (Å²) in [6.07, 6.45) is 1.73. The van der Waals surface area contributed by atoms with Crippen molar-refractivity contribution in [2.75, 3.05) is 39.8 Å². The Morgan fingerprint density at radius 3 is 2.60 bits per heavy atom. The number of carbonyl (C=O) groups excluding carboxylic acids is 1. The number of benzene rings is 2. The van der Waals surface area contributed by atoms with Crippen LogP contribution in [0, 0.1) is 6.92 Å². The van der Waals surface area contributed by atoms with E-state index in [1.165, 1.54) is 0 Å². The van der Waals surface area contributed by atoms with Crippen molar-refractivity contribution in [1.82, 2.24) is 9.80 Å². The molecule has 1 saturated heterocycles. The van der Waals surface area contributed by atoms with Crippen LogP contribution in [0.1, 0.15) is 34.0 Å². The highest BCUT2D eigenvalue weighted by Crippen LogP contribution is 2.42. The Morgan fingerprint density at radius 2 is 1.90 bits per heavy atom. The van der Waals surface area contributed by atoms with Crippen molar-refractivity contribution in [2.45, 2.75) is 20.4 Å². The van der Waals surface area contributed by atoms with Crippen LogP contribution in [-0.4, -0.2) is 60.5 Å². The van der Waals surface area contributed by atoms with Crippen molar-refractivity contribution in [3.63, 3.8) is 0 Å². The summed E-state index contributed by atoms with van der Waals surface area (Å²) in [5.74, 6) is 1.50. The number of ketones is 1. The summed E-state index contributed by atoms with van der Waals surface area (Å²) < 4.78 is 11.3. The lowest BCUT2D eigenvalue weighted by molar-refractivity contribution is 0.101. The molecular formula is C24H28N2O4. The van der Waals surface area contributed by atoms with Crippen molar-refractivity contribution in [1.29, 1.82) is 0 Å². The zero-order valence-corrected chi connectivity index (χ0v) is 17.8. The van der Waals surface area contributed by atoms with Gasteiger partial charge in [-0.3, -0.25) is 9.69 Å². The number of Topliss-reactive ketones (excluding diaryl/α,β-unsaturated/α-hetero) is 1. The van der Waals surface area contributed by atoms with Gasteiger partial charge < -0.3 is 19.5 Å². The quantitative estimate of drug-likeness (QED) is 0.765. The number of phenols is 1. The molecule has 0 atom stereocenters. The SMILES string of the molecule is CCN1CCN(Cc2c(O)cc(C)c3c2O/C(=C\c2cccc(OC)c2)C3=O)CC1. The number of aryl methyl sites for hydroxylation is 1. The average molecular weight is 408 g/mol. The molecule has 0 aliphatic carbocycles. The lowest BCUT2D eigenvalue weighted by Crippen LogP contribution is -2.45. The van der Waals surface area contributed by atoms with E-state index in [0.717, 1.165) is 43.9 Å². The van der Waals surface area contributed by atoms with Gasteiger partial charge in [0.25, 0.3) is 0 Å². The normalized spacial score (nSPS) is 18.5. The molecule has 2 aliphatic heterocycles. The minimum absolute atomic E-state index is 0.151. The minimum atomic E-state index is -0.151. The Morgan fingerprint density at radius 1 is 1.17 bits per heavy atom. The third-order valence-corrected chi connectivity index (χ3v) is 5.91. The van der Waals surface area contributed by atoms with Crippen LogP contribution in [0.4, 0.5) is 0 Å². The maximum atomic E-state index is 13.1. The number of ether oxygens (including phenoxy) is 2. The minimum Gasteiger partial charge on any atom is -0.507 e. The van der Waals surface area contributed by atoms with Gasteiger partial charge >= 0.3 is 0 Å². The highest BCUT2D eigenvalue weighted by molar-refractivity contribution is 6.15. The fourth-order valence-electron chi connectivity index (χ4n) is 4.10. The molecule has 0 amide bonds. The second-order valence-corrected chi connectivity index (χ2v) is 7.82. The predicted octanol–water partition coefficient (Wildman–Crippen LogP) is 3.46. The van der Waals surface area contributed by atoms with Gasteiger partial charge in [-0.05, 0) is 48.9 Å². The van der Waals surface area contributed by atoms with Gasteiger partial charge in [-0.25, -0.2) is 0 Å². The molecule has 2 aliphatic rings. The fraction of sp³-hybridized carbons (Fsp3) is 0.375. The van der Waals surface area contributed by atoms with E-state index >= 15 is 0 Å². The number of nitrogens with zero attached hydrogens (tertiary/aromatic N) is 2. The summed E-state index contributed by atoms with van der Waals surface area (Å²) >= 11 is 0. The van der Waals surface area contributed by atoms with Gasteiger partial charge in [-0.2, -0.15) is 0 Å². The van der Waals surface area contributed by atoms with Crippen molar-refractivity contribution in [3.8, 4) is 17.2 Å². The molecule has 158 valence electrons. The van der Waals surface area contributed by atoms with Gasteiger partial charge in [-0.1, -0.05) is 19.1 Å². The summed E-state index contributed by atoms with van der Waals surface area (Å²) in [5, 5.41) is 10.7. The largest absolute Gasteiger partial charge is 0.507 e. The van der Waals surface area contributed by atoms with Gasteiger partial charge in [-0.15, -0.1) is 0 Å². The number of aromatic hydroxyl groups is 1. The van der Waals surface area contributed by atoms with Crippen LogP contribution < -0.4 is 9.47 Å². The van der Waals surface area contributed by atoms with Crippen molar-refractivity contribution >= 4 is 11.9 Å². The summed E-state index contributed by atoms with van der Waals surface area (Å²) in [7, 11) is 1.61. The summed E-state index contributed by atoms with van der Waals surface area (Å²) in [5.41, 5.74) is 2.78. The average Bonchev–Trinajstić information content (AvgIpc) is 3.08. The number of methoxy groups -OCH3 is 1. The molecule has 0 spiro atoms. The zero-order chi connectivity index (χ0) is 21.3. The van der Waals surface area contributed by atoms with Crippen LogP contribution >= 0.6 is 0 Å². The number of phenolic OH excluding ortho intramolecular Hbond substituents is 1. The van der Waals surface area contributed by atoms with Crippen LogP contribution in [0.2, 0.25) is 0 Å². The van der Waals surface area contributed by atoms with Crippen LogP contribution in [0.15, 0.2) is 36.1 Å². The zero-order valence-electron chi connectivity index (χ0n) is 17.8. The highest BCUT2D eigenvalue weighted by Gasteiger charge is 2.34. The molecule has 30 heavy (non-hydrogen) atoms.